The monoisotopic (exact) mass is 417 g/mol. The number of nitrogens with zero attached hydrogens (tertiary/aromatic N) is 7. The summed E-state index contributed by atoms with van der Waals surface area (Å²) in [4.78, 5) is 31.2. The molecule has 2 amide bonds. The van der Waals surface area contributed by atoms with Gasteiger partial charge in [0.1, 0.15) is 0 Å². The summed E-state index contributed by atoms with van der Waals surface area (Å²) in [7, 11) is 0. The van der Waals surface area contributed by atoms with Gasteiger partial charge in [-0.2, -0.15) is 5.10 Å². The summed E-state index contributed by atoms with van der Waals surface area (Å²) in [6, 6.07) is 15.2. The number of aromatic nitrogens is 4. The lowest BCUT2D eigenvalue weighted by Gasteiger charge is -2.36. The zero-order valence-electron chi connectivity index (χ0n) is 17.0. The number of hydrogen-bond acceptors (Lipinski definition) is 6. The Bertz CT molecular complexity index is 1050. The van der Waals surface area contributed by atoms with Crippen molar-refractivity contribution in [1.82, 2.24) is 24.9 Å². The first-order chi connectivity index (χ1) is 15.2. The van der Waals surface area contributed by atoms with Crippen LogP contribution in [-0.2, 0) is 9.59 Å². The van der Waals surface area contributed by atoms with Crippen molar-refractivity contribution in [2.24, 2.45) is 5.92 Å². The third-order valence-electron chi connectivity index (χ3n) is 5.83. The van der Waals surface area contributed by atoms with Crippen LogP contribution in [0, 0.1) is 5.92 Å². The second-order valence-electron chi connectivity index (χ2n) is 7.75. The van der Waals surface area contributed by atoms with Crippen LogP contribution in [0.1, 0.15) is 6.42 Å². The van der Waals surface area contributed by atoms with Gasteiger partial charge in [0.25, 0.3) is 0 Å². The van der Waals surface area contributed by atoms with Crippen molar-refractivity contribution in [2.45, 2.75) is 6.42 Å². The minimum Gasteiger partial charge on any atom is -0.352 e. The lowest BCUT2D eigenvalue weighted by molar-refractivity contribution is -0.136. The molecule has 9 heteroatoms. The quantitative estimate of drug-likeness (QED) is 0.637. The number of hydrogen-bond donors (Lipinski definition) is 0. The molecule has 0 aliphatic carbocycles. The molecule has 9 nitrogen and oxygen atoms in total. The zero-order valence-corrected chi connectivity index (χ0v) is 17.0. The first-order valence-corrected chi connectivity index (χ1v) is 10.4. The number of rotatable bonds is 4. The maximum Gasteiger partial charge on any atom is 0.228 e. The van der Waals surface area contributed by atoms with Crippen LogP contribution in [0.2, 0.25) is 0 Å². The number of piperazine rings is 1. The lowest BCUT2D eigenvalue weighted by Crippen LogP contribution is -2.51. The second-order valence-corrected chi connectivity index (χ2v) is 7.75. The van der Waals surface area contributed by atoms with Gasteiger partial charge in [-0.15, -0.1) is 10.2 Å². The number of carbonyl (C=O) groups excluding carboxylic acids is 2. The Kier molecular flexibility index (Phi) is 5.07. The maximum atomic E-state index is 13.0. The third kappa shape index (κ3) is 3.86. The highest BCUT2D eigenvalue weighted by Gasteiger charge is 2.38. The SMILES string of the molecule is O=C(C1CC(=O)N(c2ccccc2)C1)N1CCN(c2ccc(-n3cccn3)nn2)CC1. The first-order valence-electron chi connectivity index (χ1n) is 10.4. The molecule has 0 bridgehead atoms. The van der Waals surface area contributed by atoms with Crippen molar-refractivity contribution in [2.75, 3.05) is 42.5 Å². The van der Waals surface area contributed by atoms with E-state index in [2.05, 4.69) is 20.2 Å². The topological polar surface area (TPSA) is 87.5 Å². The normalized spacial score (nSPS) is 19.2. The minimum atomic E-state index is -0.285. The fourth-order valence-corrected chi connectivity index (χ4v) is 4.16. The largest absolute Gasteiger partial charge is 0.352 e. The van der Waals surface area contributed by atoms with Gasteiger partial charge in [-0.05, 0) is 30.3 Å². The Morgan fingerprint density at radius 2 is 1.65 bits per heavy atom. The standard InChI is InChI=1S/C22H23N7O2/c30-21-15-17(16-28(21)18-5-2-1-3-6-18)22(31)27-13-11-26(12-14-27)19-7-8-20(25-24-19)29-10-4-9-23-29/h1-10,17H,11-16H2. The van der Waals surface area contributed by atoms with E-state index in [1.54, 1.807) is 15.8 Å². The molecule has 158 valence electrons. The molecule has 5 rings (SSSR count). The Hall–Kier alpha value is -3.75. The Morgan fingerprint density at radius 3 is 2.32 bits per heavy atom. The van der Waals surface area contributed by atoms with Gasteiger partial charge in [0.05, 0.1) is 5.92 Å². The number of benzene rings is 1. The van der Waals surface area contributed by atoms with Crippen molar-refractivity contribution in [3.05, 3.63) is 60.9 Å². The Morgan fingerprint density at radius 1 is 0.903 bits per heavy atom. The zero-order chi connectivity index (χ0) is 21.2. The third-order valence-corrected chi connectivity index (χ3v) is 5.83. The fourth-order valence-electron chi connectivity index (χ4n) is 4.16. The van der Waals surface area contributed by atoms with Gasteiger partial charge in [0.15, 0.2) is 11.6 Å². The summed E-state index contributed by atoms with van der Waals surface area (Å²) >= 11 is 0. The van der Waals surface area contributed by atoms with Crippen LogP contribution in [-0.4, -0.2) is 69.4 Å². The van der Waals surface area contributed by atoms with E-state index in [9.17, 15) is 9.59 Å². The van der Waals surface area contributed by atoms with Crippen LogP contribution >= 0.6 is 0 Å². The van der Waals surface area contributed by atoms with Crippen LogP contribution in [0.15, 0.2) is 60.9 Å². The molecule has 1 aromatic carbocycles. The van der Waals surface area contributed by atoms with E-state index in [1.165, 1.54) is 0 Å². The van der Waals surface area contributed by atoms with Gasteiger partial charge in [-0.25, -0.2) is 4.68 Å². The van der Waals surface area contributed by atoms with Gasteiger partial charge in [0.2, 0.25) is 11.8 Å². The first kappa shape index (κ1) is 19.2. The van der Waals surface area contributed by atoms with Gasteiger partial charge in [-0.3, -0.25) is 9.59 Å². The summed E-state index contributed by atoms with van der Waals surface area (Å²) in [5.74, 6) is 1.24. The number of anilines is 2. The molecule has 0 radical (unpaired) electrons. The van der Waals surface area contributed by atoms with E-state index in [0.29, 0.717) is 38.5 Å². The van der Waals surface area contributed by atoms with E-state index in [4.69, 9.17) is 0 Å². The van der Waals surface area contributed by atoms with Crippen molar-refractivity contribution in [3.63, 3.8) is 0 Å². The van der Waals surface area contributed by atoms with Crippen molar-refractivity contribution < 1.29 is 9.59 Å². The van der Waals surface area contributed by atoms with Crippen molar-refractivity contribution in [3.8, 4) is 5.82 Å². The van der Waals surface area contributed by atoms with Gasteiger partial charge in [0, 0.05) is 57.2 Å². The molecule has 1 atom stereocenters. The number of para-hydroxylation sites is 1. The number of carbonyl (C=O) groups is 2. The highest BCUT2D eigenvalue weighted by Crippen LogP contribution is 2.26. The van der Waals surface area contributed by atoms with Gasteiger partial charge in [-0.1, -0.05) is 18.2 Å². The van der Waals surface area contributed by atoms with E-state index < -0.39 is 0 Å². The smallest absolute Gasteiger partial charge is 0.228 e. The lowest BCUT2D eigenvalue weighted by atomic mass is 10.1. The molecule has 2 fully saturated rings. The fraction of sp³-hybridized carbons (Fsp3) is 0.318. The molecule has 0 N–H and O–H groups in total. The predicted octanol–water partition coefficient (Wildman–Crippen LogP) is 1.36. The van der Waals surface area contributed by atoms with E-state index in [-0.39, 0.29) is 24.2 Å². The summed E-state index contributed by atoms with van der Waals surface area (Å²) < 4.78 is 1.66. The summed E-state index contributed by atoms with van der Waals surface area (Å²) in [6.07, 6.45) is 3.79. The molecule has 0 saturated carbocycles. The molecular weight excluding hydrogens is 394 g/mol. The molecule has 2 aliphatic rings. The molecule has 2 aromatic heterocycles. The molecule has 0 spiro atoms. The van der Waals surface area contributed by atoms with E-state index in [1.807, 2.05) is 59.6 Å². The maximum absolute atomic E-state index is 13.0. The summed E-state index contributed by atoms with van der Waals surface area (Å²) in [6.45, 7) is 3.03. The van der Waals surface area contributed by atoms with Crippen molar-refractivity contribution in [1.29, 1.82) is 0 Å². The minimum absolute atomic E-state index is 0.00994. The van der Waals surface area contributed by atoms with Crippen molar-refractivity contribution >= 4 is 23.3 Å². The molecule has 2 saturated heterocycles. The predicted molar refractivity (Wildman–Crippen MR) is 115 cm³/mol. The van der Waals surface area contributed by atoms with Crippen LogP contribution in [0.5, 0.6) is 0 Å². The Labute approximate surface area is 179 Å². The average molecular weight is 417 g/mol. The average Bonchev–Trinajstić information content (AvgIpc) is 3.50. The molecule has 3 aromatic rings. The Balaban J connectivity index is 1.18. The highest BCUT2D eigenvalue weighted by molar-refractivity contribution is 6.00. The van der Waals surface area contributed by atoms with Gasteiger partial charge >= 0.3 is 0 Å². The second kappa shape index (κ2) is 8.17. The molecular formula is C22H23N7O2. The van der Waals surface area contributed by atoms with Crippen LogP contribution in [0.25, 0.3) is 5.82 Å². The molecule has 1 unspecified atom stereocenters. The molecule has 31 heavy (non-hydrogen) atoms. The van der Waals surface area contributed by atoms with Crippen LogP contribution in [0.4, 0.5) is 11.5 Å². The summed E-state index contributed by atoms with van der Waals surface area (Å²) in [5, 5.41) is 12.7. The molecule has 2 aliphatic heterocycles. The number of amides is 2. The summed E-state index contributed by atoms with van der Waals surface area (Å²) in [5.41, 5.74) is 0.852. The van der Waals surface area contributed by atoms with E-state index in [0.717, 1.165) is 11.5 Å². The molecule has 4 heterocycles. The highest BCUT2D eigenvalue weighted by atomic mass is 16.2. The van der Waals surface area contributed by atoms with Crippen LogP contribution < -0.4 is 9.80 Å². The van der Waals surface area contributed by atoms with E-state index >= 15 is 0 Å². The van der Waals surface area contributed by atoms with Gasteiger partial charge < -0.3 is 14.7 Å². The van der Waals surface area contributed by atoms with Crippen LogP contribution in [0.3, 0.4) is 0 Å².